The van der Waals surface area contributed by atoms with Crippen molar-refractivity contribution >= 4 is 0 Å². The molecule has 2 heteroatoms. The Morgan fingerprint density at radius 3 is 2.25 bits per heavy atom. The molecule has 0 fully saturated rings. The van der Waals surface area contributed by atoms with E-state index in [4.69, 9.17) is 0 Å². The molecule has 0 amide bonds. The van der Waals surface area contributed by atoms with E-state index < -0.39 is 0 Å². The van der Waals surface area contributed by atoms with E-state index in [1.165, 1.54) is 6.42 Å². The summed E-state index contributed by atoms with van der Waals surface area (Å²) in [5, 5.41) is 12.5. The highest BCUT2D eigenvalue weighted by Gasteiger charge is 1.99. The molecule has 0 saturated carbocycles. The van der Waals surface area contributed by atoms with Gasteiger partial charge in [-0.2, -0.15) is 0 Å². The summed E-state index contributed by atoms with van der Waals surface area (Å²) >= 11 is 0. The lowest BCUT2D eigenvalue weighted by atomic mass is 10.1. The predicted octanol–water partition coefficient (Wildman–Crippen LogP) is 1.78. The molecule has 74 valence electrons. The molecule has 0 aromatic carbocycles. The van der Waals surface area contributed by atoms with Gasteiger partial charge in [0.05, 0.1) is 6.10 Å². The van der Waals surface area contributed by atoms with Gasteiger partial charge in [-0.15, -0.1) is 0 Å². The second-order valence-corrected chi connectivity index (χ2v) is 3.78. The van der Waals surface area contributed by atoms with Crippen molar-refractivity contribution in [3.05, 3.63) is 0 Å². The summed E-state index contributed by atoms with van der Waals surface area (Å²) in [5.74, 6) is 0.772. The van der Waals surface area contributed by atoms with Crippen LogP contribution in [0.2, 0.25) is 0 Å². The van der Waals surface area contributed by atoms with Gasteiger partial charge in [-0.3, -0.25) is 0 Å². The van der Waals surface area contributed by atoms with Crippen LogP contribution in [-0.2, 0) is 0 Å². The first kappa shape index (κ1) is 11.9. The van der Waals surface area contributed by atoms with Gasteiger partial charge in [0.15, 0.2) is 0 Å². The molecule has 1 atom stereocenters. The van der Waals surface area contributed by atoms with Crippen LogP contribution >= 0.6 is 0 Å². The molecule has 0 aliphatic rings. The van der Waals surface area contributed by atoms with Crippen molar-refractivity contribution < 1.29 is 5.11 Å². The summed E-state index contributed by atoms with van der Waals surface area (Å²) in [6.07, 6.45) is 2.86. The van der Waals surface area contributed by atoms with Gasteiger partial charge in [-0.25, -0.2) is 0 Å². The van der Waals surface area contributed by atoms with E-state index in [2.05, 4.69) is 19.2 Å². The molecule has 0 aliphatic heterocycles. The molecule has 0 saturated heterocycles. The third-order valence-corrected chi connectivity index (χ3v) is 2.02. The Kier molecular flexibility index (Phi) is 7.51. The van der Waals surface area contributed by atoms with Crippen LogP contribution in [0.3, 0.4) is 0 Å². The van der Waals surface area contributed by atoms with E-state index in [1.54, 1.807) is 0 Å². The molecule has 12 heavy (non-hydrogen) atoms. The predicted molar refractivity (Wildman–Crippen MR) is 53.2 cm³/mol. The summed E-state index contributed by atoms with van der Waals surface area (Å²) < 4.78 is 0. The SMILES string of the molecule is CCC(O)CCNCCC(C)C. The minimum Gasteiger partial charge on any atom is -0.393 e. The van der Waals surface area contributed by atoms with Gasteiger partial charge in [0.2, 0.25) is 0 Å². The highest BCUT2D eigenvalue weighted by Crippen LogP contribution is 1.97. The number of hydrogen-bond acceptors (Lipinski definition) is 2. The lowest BCUT2D eigenvalue weighted by Gasteiger charge is -2.09. The molecule has 1 unspecified atom stereocenters. The van der Waals surface area contributed by atoms with Crippen molar-refractivity contribution in [1.29, 1.82) is 0 Å². The van der Waals surface area contributed by atoms with Crippen molar-refractivity contribution in [3.63, 3.8) is 0 Å². The minimum absolute atomic E-state index is 0.114. The van der Waals surface area contributed by atoms with E-state index in [1.807, 2.05) is 6.92 Å². The first-order valence-electron chi connectivity index (χ1n) is 5.05. The Morgan fingerprint density at radius 2 is 1.75 bits per heavy atom. The molecular formula is C10H23NO. The van der Waals surface area contributed by atoms with E-state index in [-0.39, 0.29) is 6.10 Å². The minimum atomic E-state index is -0.114. The van der Waals surface area contributed by atoms with Gasteiger partial charge in [-0.05, 0) is 38.3 Å². The lowest BCUT2D eigenvalue weighted by molar-refractivity contribution is 0.159. The fourth-order valence-corrected chi connectivity index (χ4v) is 0.989. The number of nitrogens with one attached hydrogen (secondary N) is 1. The first-order chi connectivity index (χ1) is 5.66. The average molecular weight is 173 g/mol. The molecule has 0 aromatic heterocycles. The van der Waals surface area contributed by atoms with E-state index in [9.17, 15) is 5.11 Å². The molecule has 0 heterocycles. The standard InChI is InChI=1S/C10H23NO/c1-4-10(12)6-8-11-7-5-9(2)3/h9-12H,4-8H2,1-3H3. The van der Waals surface area contributed by atoms with E-state index in [0.29, 0.717) is 0 Å². The smallest absolute Gasteiger partial charge is 0.0549 e. The molecular weight excluding hydrogens is 150 g/mol. The van der Waals surface area contributed by atoms with Crippen molar-refractivity contribution in [2.45, 2.75) is 46.1 Å². The summed E-state index contributed by atoms with van der Waals surface area (Å²) in [6.45, 7) is 8.49. The second-order valence-electron chi connectivity index (χ2n) is 3.78. The van der Waals surface area contributed by atoms with Crippen LogP contribution < -0.4 is 5.32 Å². The Hall–Kier alpha value is -0.0800. The highest BCUT2D eigenvalue weighted by molar-refractivity contribution is 4.56. The van der Waals surface area contributed by atoms with Crippen LogP contribution in [0.4, 0.5) is 0 Å². The Morgan fingerprint density at radius 1 is 1.17 bits per heavy atom. The third-order valence-electron chi connectivity index (χ3n) is 2.02. The summed E-state index contributed by atoms with van der Waals surface area (Å²) in [5.41, 5.74) is 0. The number of rotatable bonds is 7. The molecule has 0 bridgehead atoms. The van der Waals surface area contributed by atoms with E-state index >= 15 is 0 Å². The molecule has 0 radical (unpaired) electrons. The van der Waals surface area contributed by atoms with Gasteiger partial charge < -0.3 is 10.4 Å². The maximum atomic E-state index is 9.23. The van der Waals surface area contributed by atoms with Crippen LogP contribution in [0, 0.1) is 5.92 Å². The highest BCUT2D eigenvalue weighted by atomic mass is 16.3. The zero-order valence-corrected chi connectivity index (χ0v) is 8.64. The Bertz CT molecular complexity index is 93.8. The number of aliphatic hydroxyl groups excluding tert-OH is 1. The van der Waals surface area contributed by atoms with Crippen molar-refractivity contribution in [1.82, 2.24) is 5.32 Å². The quantitative estimate of drug-likeness (QED) is 0.575. The molecule has 0 spiro atoms. The summed E-state index contributed by atoms with van der Waals surface area (Å²) in [6, 6.07) is 0. The van der Waals surface area contributed by atoms with Crippen LogP contribution in [0.5, 0.6) is 0 Å². The van der Waals surface area contributed by atoms with Crippen LogP contribution in [0.1, 0.15) is 40.0 Å². The van der Waals surface area contributed by atoms with Crippen LogP contribution in [-0.4, -0.2) is 24.3 Å². The molecule has 0 aromatic rings. The van der Waals surface area contributed by atoms with Gasteiger partial charge in [-0.1, -0.05) is 20.8 Å². The average Bonchev–Trinajstić information content (AvgIpc) is 2.03. The van der Waals surface area contributed by atoms with Gasteiger partial charge in [0.1, 0.15) is 0 Å². The van der Waals surface area contributed by atoms with Crippen molar-refractivity contribution in [3.8, 4) is 0 Å². The zero-order chi connectivity index (χ0) is 9.40. The maximum absolute atomic E-state index is 9.23. The lowest BCUT2D eigenvalue weighted by Crippen LogP contribution is -2.22. The largest absolute Gasteiger partial charge is 0.393 e. The topological polar surface area (TPSA) is 32.3 Å². The Labute approximate surface area is 76.4 Å². The molecule has 2 N–H and O–H groups in total. The fraction of sp³-hybridized carbons (Fsp3) is 1.00. The Balaban J connectivity index is 3.00. The summed E-state index contributed by atoms with van der Waals surface area (Å²) in [4.78, 5) is 0. The molecule has 0 aliphatic carbocycles. The zero-order valence-electron chi connectivity index (χ0n) is 8.64. The maximum Gasteiger partial charge on any atom is 0.0549 e. The van der Waals surface area contributed by atoms with Crippen LogP contribution in [0.15, 0.2) is 0 Å². The number of hydrogen-bond donors (Lipinski definition) is 2. The van der Waals surface area contributed by atoms with E-state index in [0.717, 1.165) is 31.8 Å². The fourth-order valence-electron chi connectivity index (χ4n) is 0.989. The van der Waals surface area contributed by atoms with Crippen molar-refractivity contribution in [2.75, 3.05) is 13.1 Å². The number of aliphatic hydroxyl groups is 1. The van der Waals surface area contributed by atoms with Gasteiger partial charge in [0.25, 0.3) is 0 Å². The van der Waals surface area contributed by atoms with Crippen molar-refractivity contribution in [2.24, 2.45) is 5.92 Å². The monoisotopic (exact) mass is 173 g/mol. The van der Waals surface area contributed by atoms with Gasteiger partial charge >= 0.3 is 0 Å². The van der Waals surface area contributed by atoms with Gasteiger partial charge in [0, 0.05) is 0 Å². The second kappa shape index (κ2) is 7.56. The van der Waals surface area contributed by atoms with Crippen LogP contribution in [0.25, 0.3) is 0 Å². The molecule has 0 rings (SSSR count). The normalized spacial score (nSPS) is 13.8. The first-order valence-corrected chi connectivity index (χ1v) is 5.05. The summed E-state index contributed by atoms with van der Waals surface area (Å²) in [7, 11) is 0. The third kappa shape index (κ3) is 8.02. The molecule has 2 nitrogen and oxygen atoms in total.